The number of nitrogens with two attached hydrogens (primary N) is 1. The van der Waals surface area contributed by atoms with E-state index in [1.165, 1.54) is 0 Å². The van der Waals surface area contributed by atoms with E-state index in [0.29, 0.717) is 30.5 Å². The van der Waals surface area contributed by atoms with Crippen LogP contribution in [0.15, 0.2) is 36.4 Å². The monoisotopic (exact) mass is 254 g/mol. The highest BCUT2D eigenvalue weighted by molar-refractivity contribution is 5.57. The number of anilines is 1. The lowest BCUT2D eigenvalue weighted by Crippen LogP contribution is -2.10. The molecule has 96 valence electrons. The normalized spacial score (nSPS) is 9.68. The Morgan fingerprint density at radius 2 is 2.05 bits per heavy atom. The summed E-state index contributed by atoms with van der Waals surface area (Å²) in [7, 11) is 0. The molecule has 19 heavy (non-hydrogen) atoms. The van der Waals surface area contributed by atoms with Gasteiger partial charge >= 0.3 is 0 Å². The molecule has 0 spiro atoms. The Morgan fingerprint density at radius 1 is 1.26 bits per heavy atom. The maximum absolute atomic E-state index is 5.46. The van der Waals surface area contributed by atoms with Crippen LogP contribution < -0.4 is 16.0 Å². The van der Waals surface area contributed by atoms with Crippen molar-refractivity contribution in [1.82, 2.24) is 9.97 Å². The van der Waals surface area contributed by atoms with Gasteiger partial charge < -0.3 is 10.2 Å². The fraction of sp³-hybridized carbons (Fsp3) is 0.143. The van der Waals surface area contributed by atoms with Crippen molar-refractivity contribution in [3.05, 3.63) is 36.4 Å². The first-order chi connectivity index (χ1) is 9.33. The van der Waals surface area contributed by atoms with Gasteiger partial charge in [0.1, 0.15) is 12.4 Å². The number of nitrogen functional groups attached to an aromatic ring is 1. The van der Waals surface area contributed by atoms with E-state index in [0.717, 1.165) is 5.56 Å². The van der Waals surface area contributed by atoms with Gasteiger partial charge in [-0.1, -0.05) is 30.3 Å². The van der Waals surface area contributed by atoms with E-state index >= 15 is 0 Å². The first-order valence-electron chi connectivity index (χ1n) is 5.81. The molecule has 0 aliphatic heterocycles. The molecular weight excluding hydrogens is 240 g/mol. The molecule has 1 heterocycles. The Bertz CT molecular complexity index is 578. The van der Waals surface area contributed by atoms with Crippen LogP contribution in [0.5, 0.6) is 5.88 Å². The number of aromatic nitrogens is 2. The van der Waals surface area contributed by atoms with Gasteiger partial charge in [-0.2, -0.15) is 4.98 Å². The van der Waals surface area contributed by atoms with Crippen molar-refractivity contribution in [3.63, 3.8) is 0 Å². The van der Waals surface area contributed by atoms with Crippen LogP contribution in [-0.2, 0) is 0 Å². The van der Waals surface area contributed by atoms with Crippen LogP contribution in [0.1, 0.15) is 6.42 Å². The fourth-order valence-corrected chi connectivity index (χ4v) is 1.50. The van der Waals surface area contributed by atoms with E-state index < -0.39 is 0 Å². The van der Waals surface area contributed by atoms with Crippen molar-refractivity contribution >= 4 is 5.82 Å². The van der Waals surface area contributed by atoms with E-state index in [-0.39, 0.29) is 0 Å². The van der Waals surface area contributed by atoms with Gasteiger partial charge in [0.25, 0.3) is 0 Å². The van der Waals surface area contributed by atoms with Gasteiger partial charge in [0.2, 0.25) is 5.88 Å². The van der Waals surface area contributed by atoms with Crippen LogP contribution in [0.25, 0.3) is 11.4 Å². The van der Waals surface area contributed by atoms with E-state index in [9.17, 15) is 0 Å². The number of hydrogen-bond donors (Lipinski definition) is 2. The number of nitrogens with one attached hydrogen (secondary N) is 1. The number of nitrogens with zero attached hydrogens (tertiary/aromatic N) is 2. The molecule has 2 rings (SSSR count). The summed E-state index contributed by atoms with van der Waals surface area (Å²) in [6.07, 6.45) is 5.70. The fourth-order valence-electron chi connectivity index (χ4n) is 1.50. The molecule has 0 radical (unpaired) electrons. The predicted molar refractivity (Wildman–Crippen MR) is 74.2 cm³/mol. The summed E-state index contributed by atoms with van der Waals surface area (Å²) < 4.78 is 5.46. The molecule has 3 N–H and O–H groups in total. The zero-order valence-electron chi connectivity index (χ0n) is 10.3. The first-order valence-corrected chi connectivity index (χ1v) is 5.81. The molecular formula is C14H14N4O. The topological polar surface area (TPSA) is 73.1 Å². The molecule has 0 saturated carbocycles. The van der Waals surface area contributed by atoms with Crippen molar-refractivity contribution in [2.75, 3.05) is 12.0 Å². The van der Waals surface area contributed by atoms with Crippen molar-refractivity contribution in [2.24, 2.45) is 5.84 Å². The minimum atomic E-state index is 0.408. The van der Waals surface area contributed by atoms with Crippen molar-refractivity contribution in [1.29, 1.82) is 0 Å². The van der Waals surface area contributed by atoms with E-state index in [1.807, 2.05) is 30.3 Å². The maximum atomic E-state index is 5.46. The Morgan fingerprint density at radius 3 is 2.74 bits per heavy atom. The molecule has 0 aliphatic carbocycles. The van der Waals surface area contributed by atoms with Crippen LogP contribution in [0.3, 0.4) is 0 Å². The molecule has 0 saturated heterocycles. The average Bonchev–Trinajstić information content (AvgIpc) is 2.48. The summed E-state index contributed by atoms with van der Waals surface area (Å²) in [6.45, 7) is 0.408. The smallest absolute Gasteiger partial charge is 0.219 e. The lowest BCUT2D eigenvalue weighted by Gasteiger charge is -2.08. The lowest BCUT2D eigenvalue weighted by molar-refractivity contribution is 0.314. The third-order valence-electron chi connectivity index (χ3n) is 2.38. The zero-order chi connectivity index (χ0) is 13.5. The molecule has 5 heteroatoms. The van der Waals surface area contributed by atoms with Gasteiger partial charge in [-0.05, 0) is 0 Å². The third kappa shape index (κ3) is 3.44. The minimum absolute atomic E-state index is 0.408. The van der Waals surface area contributed by atoms with E-state index in [4.69, 9.17) is 17.0 Å². The van der Waals surface area contributed by atoms with Crippen molar-refractivity contribution in [2.45, 2.75) is 6.42 Å². The number of ether oxygens (including phenoxy) is 1. The molecule has 2 aromatic rings. The molecule has 1 aromatic carbocycles. The Balaban J connectivity index is 2.29. The van der Waals surface area contributed by atoms with E-state index in [1.54, 1.807) is 6.07 Å². The minimum Gasteiger partial charge on any atom is -0.477 e. The van der Waals surface area contributed by atoms with Gasteiger partial charge in [-0.3, -0.25) is 0 Å². The number of terminal acetylenes is 1. The van der Waals surface area contributed by atoms with Gasteiger partial charge in [-0.15, -0.1) is 12.3 Å². The second-order valence-electron chi connectivity index (χ2n) is 3.73. The van der Waals surface area contributed by atoms with Crippen molar-refractivity contribution < 1.29 is 4.74 Å². The highest BCUT2D eigenvalue weighted by Crippen LogP contribution is 2.20. The summed E-state index contributed by atoms with van der Waals surface area (Å²) in [5.41, 5.74) is 3.39. The molecule has 0 amide bonds. The summed E-state index contributed by atoms with van der Waals surface area (Å²) >= 11 is 0. The average molecular weight is 254 g/mol. The van der Waals surface area contributed by atoms with Crippen LogP contribution in [0.4, 0.5) is 5.82 Å². The van der Waals surface area contributed by atoms with Gasteiger partial charge in [-0.25, -0.2) is 10.8 Å². The molecule has 0 bridgehead atoms. The number of hydrogen-bond acceptors (Lipinski definition) is 5. The summed E-state index contributed by atoms with van der Waals surface area (Å²) in [5.74, 6) is 9.38. The van der Waals surface area contributed by atoms with Gasteiger partial charge in [0.05, 0.1) is 0 Å². The summed E-state index contributed by atoms with van der Waals surface area (Å²) in [5, 5.41) is 0. The van der Waals surface area contributed by atoms with Crippen LogP contribution in [-0.4, -0.2) is 16.6 Å². The number of benzene rings is 1. The Hall–Kier alpha value is -2.58. The first kappa shape index (κ1) is 12.9. The van der Waals surface area contributed by atoms with Gasteiger partial charge in [0.15, 0.2) is 5.82 Å². The second kappa shape index (κ2) is 6.38. The zero-order valence-corrected chi connectivity index (χ0v) is 10.3. The van der Waals surface area contributed by atoms with Crippen LogP contribution in [0, 0.1) is 12.3 Å². The lowest BCUT2D eigenvalue weighted by atomic mass is 10.2. The van der Waals surface area contributed by atoms with Gasteiger partial charge in [0, 0.05) is 18.1 Å². The molecule has 0 atom stereocenters. The molecule has 1 aromatic heterocycles. The molecule has 0 fully saturated rings. The Labute approximate surface area is 111 Å². The number of hydrazine groups is 1. The quantitative estimate of drug-likeness (QED) is 0.368. The largest absolute Gasteiger partial charge is 0.477 e. The highest BCUT2D eigenvalue weighted by atomic mass is 16.5. The van der Waals surface area contributed by atoms with Crippen LogP contribution in [0.2, 0.25) is 0 Å². The standard InChI is InChI=1S/C14H14N4O/c1-2-3-9-19-13-10-12(18-15)16-14(17-13)11-7-5-4-6-8-11/h1,4-8,10H,3,9,15H2,(H,16,17,18). The highest BCUT2D eigenvalue weighted by Gasteiger charge is 2.06. The SMILES string of the molecule is C#CCCOc1cc(NN)nc(-c2ccccc2)n1. The maximum Gasteiger partial charge on any atom is 0.219 e. The van der Waals surface area contributed by atoms with E-state index in [2.05, 4.69) is 21.3 Å². The third-order valence-corrected chi connectivity index (χ3v) is 2.38. The van der Waals surface area contributed by atoms with Crippen LogP contribution >= 0.6 is 0 Å². The molecule has 5 nitrogen and oxygen atoms in total. The summed E-state index contributed by atoms with van der Waals surface area (Å²) in [4.78, 5) is 8.61. The second-order valence-corrected chi connectivity index (χ2v) is 3.73. The Kier molecular flexibility index (Phi) is 4.32. The molecule has 0 aliphatic rings. The van der Waals surface area contributed by atoms with Crippen molar-refractivity contribution in [3.8, 4) is 29.6 Å². The predicted octanol–water partition coefficient (Wildman–Crippen LogP) is 1.83. The molecule has 0 unspecified atom stereocenters. The number of rotatable bonds is 5. The summed E-state index contributed by atoms with van der Waals surface area (Å²) in [6, 6.07) is 11.2.